The van der Waals surface area contributed by atoms with E-state index in [0.29, 0.717) is 32.8 Å². The Morgan fingerprint density at radius 2 is 1.76 bits per heavy atom. The number of benzene rings is 1. The first-order chi connectivity index (χ1) is 10.1. The maximum absolute atomic E-state index is 11.3. The van der Waals surface area contributed by atoms with Crippen LogP contribution in [0.1, 0.15) is 6.92 Å². The van der Waals surface area contributed by atoms with E-state index in [0.717, 1.165) is 11.5 Å². The fraction of sp³-hybridized carbons (Fsp3) is 0.533. The van der Waals surface area contributed by atoms with E-state index in [-0.39, 0.29) is 6.03 Å². The van der Waals surface area contributed by atoms with Crippen molar-refractivity contribution in [2.75, 3.05) is 46.9 Å². The molecule has 0 aliphatic heterocycles. The zero-order valence-electron chi connectivity index (χ0n) is 13.0. The Kier molecular flexibility index (Phi) is 8.04. The predicted octanol–water partition coefficient (Wildman–Crippen LogP) is 1.32. The molecule has 6 nitrogen and oxygen atoms in total. The van der Waals surface area contributed by atoms with Crippen LogP contribution in [-0.2, 0) is 0 Å². The molecule has 0 heterocycles. The van der Waals surface area contributed by atoms with Crippen molar-refractivity contribution in [3.63, 3.8) is 0 Å². The van der Waals surface area contributed by atoms with Crippen LogP contribution < -0.4 is 20.1 Å². The van der Waals surface area contributed by atoms with Gasteiger partial charge in [-0.05, 0) is 19.1 Å². The number of ether oxygens (including phenoxy) is 2. The molecule has 0 aromatic heterocycles. The van der Waals surface area contributed by atoms with Crippen LogP contribution in [0, 0.1) is 0 Å². The Balaban J connectivity index is 2.13. The molecule has 1 rings (SSSR count). The van der Waals surface area contributed by atoms with Crippen LogP contribution in [0.4, 0.5) is 4.79 Å². The third-order valence-electron chi connectivity index (χ3n) is 2.67. The lowest BCUT2D eigenvalue weighted by atomic mass is 10.3. The molecule has 0 aliphatic rings. The Bertz CT molecular complexity index is 424. The lowest BCUT2D eigenvalue weighted by Gasteiger charge is -2.13. The maximum Gasteiger partial charge on any atom is 0.316 e. The number of rotatable bonds is 9. The summed E-state index contributed by atoms with van der Waals surface area (Å²) >= 11 is 0. The molecule has 0 fully saturated rings. The van der Waals surface area contributed by atoms with E-state index in [1.807, 2.05) is 31.2 Å². The molecular weight excluding hydrogens is 270 g/mol. The van der Waals surface area contributed by atoms with Gasteiger partial charge >= 0.3 is 6.03 Å². The average Bonchev–Trinajstić information content (AvgIpc) is 2.47. The Labute approximate surface area is 126 Å². The number of urea groups is 1. The van der Waals surface area contributed by atoms with Gasteiger partial charge in [0.15, 0.2) is 11.5 Å². The van der Waals surface area contributed by atoms with E-state index in [9.17, 15) is 4.79 Å². The largest absolute Gasteiger partial charge is 0.490 e. The van der Waals surface area contributed by atoms with Gasteiger partial charge in [-0.25, -0.2) is 4.79 Å². The summed E-state index contributed by atoms with van der Waals surface area (Å²) in [6.45, 7) is 5.11. The first-order valence-electron chi connectivity index (χ1n) is 7.15. The van der Waals surface area contributed by atoms with Gasteiger partial charge < -0.3 is 25.0 Å². The van der Waals surface area contributed by atoms with Crippen molar-refractivity contribution in [1.29, 1.82) is 0 Å². The van der Waals surface area contributed by atoms with Crippen molar-refractivity contribution in [3.8, 4) is 11.5 Å². The molecule has 0 unspecified atom stereocenters. The van der Waals surface area contributed by atoms with Gasteiger partial charge in [0.25, 0.3) is 0 Å². The standard InChI is InChI=1S/C15H25N3O3/c1-4-20-13-7-5-6-8-14(13)21-12-11-16-9-10-17-15(19)18(2)3/h5-8,16H,4,9-12H2,1-3H3,(H,17,19). The van der Waals surface area contributed by atoms with Gasteiger partial charge in [-0.15, -0.1) is 0 Å². The summed E-state index contributed by atoms with van der Waals surface area (Å²) in [6.07, 6.45) is 0. The smallest absolute Gasteiger partial charge is 0.316 e. The van der Waals surface area contributed by atoms with Crippen LogP contribution in [0.25, 0.3) is 0 Å². The van der Waals surface area contributed by atoms with Gasteiger partial charge in [0.2, 0.25) is 0 Å². The monoisotopic (exact) mass is 295 g/mol. The first-order valence-corrected chi connectivity index (χ1v) is 7.15. The lowest BCUT2D eigenvalue weighted by Crippen LogP contribution is -2.39. The van der Waals surface area contributed by atoms with Gasteiger partial charge in [-0.1, -0.05) is 12.1 Å². The van der Waals surface area contributed by atoms with Gasteiger partial charge in [0.1, 0.15) is 6.61 Å². The molecule has 6 heteroatoms. The van der Waals surface area contributed by atoms with Crippen molar-refractivity contribution in [3.05, 3.63) is 24.3 Å². The van der Waals surface area contributed by atoms with Crippen LogP contribution in [0.15, 0.2) is 24.3 Å². The molecule has 0 aliphatic carbocycles. The minimum Gasteiger partial charge on any atom is -0.490 e. The fourth-order valence-electron chi connectivity index (χ4n) is 1.62. The number of carbonyl (C=O) groups is 1. The van der Waals surface area contributed by atoms with Crippen LogP contribution in [0.2, 0.25) is 0 Å². The van der Waals surface area contributed by atoms with Crippen molar-refractivity contribution in [2.45, 2.75) is 6.92 Å². The number of nitrogens with one attached hydrogen (secondary N) is 2. The van der Waals surface area contributed by atoms with Gasteiger partial charge in [0.05, 0.1) is 6.61 Å². The maximum atomic E-state index is 11.3. The third-order valence-corrected chi connectivity index (χ3v) is 2.67. The van der Waals surface area contributed by atoms with Crippen molar-refractivity contribution < 1.29 is 14.3 Å². The Morgan fingerprint density at radius 1 is 1.10 bits per heavy atom. The number of nitrogens with zero attached hydrogens (tertiary/aromatic N) is 1. The minimum atomic E-state index is -0.0845. The molecule has 1 aromatic rings. The summed E-state index contributed by atoms with van der Waals surface area (Å²) in [5.41, 5.74) is 0. The Hall–Kier alpha value is -1.95. The molecule has 0 radical (unpaired) electrons. The molecule has 118 valence electrons. The van der Waals surface area contributed by atoms with Crippen molar-refractivity contribution >= 4 is 6.03 Å². The van der Waals surface area contributed by atoms with Crippen LogP contribution in [-0.4, -0.2) is 57.9 Å². The molecule has 1 aromatic carbocycles. The molecule has 0 saturated carbocycles. The third kappa shape index (κ3) is 6.85. The van der Waals surface area contributed by atoms with Crippen molar-refractivity contribution in [2.24, 2.45) is 0 Å². The topological polar surface area (TPSA) is 62.8 Å². The number of hydrogen-bond acceptors (Lipinski definition) is 4. The van der Waals surface area contributed by atoms with E-state index in [4.69, 9.17) is 9.47 Å². The van der Waals surface area contributed by atoms with E-state index in [2.05, 4.69) is 10.6 Å². The van der Waals surface area contributed by atoms with Gasteiger partial charge in [-0.2, -0.15) is 0 Å². The molecular formula is C15H25N3O3. The number of amides is 2. The molecule has 21 heavy (non-hydrogen) atoms. The van der Waals surface area contributed by atoms with Gasteiger partial charge in [-0.3, -0.25) is 0 Å². The highest BCUT2D eigenvalue weighted by Gasteiger charge is 2.03. The average molecular weight is 295 g/mol. The van der Waals surface area contributed by atoms with Crippen LogP contribution in [0.5, 0.6) is 11.5 Å². The number of hydrogen-bond donors (Lipinski definition) is 2. The quantitative estimate of drug-likeness (QED) is 0.675. The summed E-state index contributed by atoms with van der Waals surface area (Å²) < 4.78 is 11.2. The minimum absolute atomic E-state index is 0.0845. The second-order valence-corrected chi connectivity index (χ2v) is 4.60. The molecule has 2 amide bonds. The van der Waals surface area contributed by atoms with Crippen LogP contribution >= 0.6 is 0 Å². The van der Waals surface area contributed by atoms with Crippen LogP contribution in [0.3, 0.4) is 0 Å². The second-order valence-electron chi connectivity index (χ2n) is 4.60. The Morgan fingerprint density at radius 3 is 2.38 bits per heavy atom. The summed E-state index contributed by atoms with van der Waals surface area (Å²) in [6, 6.07) is 7.54. The molecule has 0 spiro atoms. The molecule has 0 bridgehead atoms. The summed E-state index contributed by atoms with van der Waals surface area (Å²) in [5, 5.41) is 5.98. The zero-order valence-corrected chi connectivity index (χ0v) is 13.0. The normalized spacial score (nSPS) is 10.0. The first kappa shape index (κ1) is 17.1. The SMILES string of the molecule is CCOc1ccccc1OCCNCCNC(=O)N(C)C. The number of carbonyl (C=O) groups excluding carboxylic acids is 1. The van der Waals surface area contributed by atoms with E-state index >= 15 is 0 Å². The molecule has 0 saturated heterocycles. The van der Waals surface area contributed by atoms with E-state index in [1.165, 1.54) is 4.90 Å². The summed E-state index contributed by atoms with van der Waals surface area (Å²) in [5.74, 6) is 1.51. The molecule has 2 N–H and O–H groups in total. The summed E-state index contributed by atoms with van der Waals surface area (Å²) in [4.78, 5) is 12.8. The lowest BCUT2D eigenvalue weighted by molar-refractivity contribution is 0.217. The van der Waals surface area contributed by atoms with Crippen molar-refractivity contribution in [1.82, 2.24) is 15.5 Å². The van der Waals surface area contributed by atoms with E-state index < -0.39 is 0 Å². The van der Waals surface area contributed by atoms with E-state index in [1.54, 1.807) is 14.1 Å². The predicted molar refractivity (Wildman–Crippen MR) is 83.1 cm³/mol. The number of para-hydroxylation sites is 2. The highest BCUT2D eigenvalue weighted by Crippen LogP contribution is 2.25. The highest BCUT2D eigenvalue weighted by atomic mass is 16.5. The molecule has 0 atom stereocenters. The fourth-order valence-corrected chi connectivity index (χ4v) is 1.62. The zero-order chi connectivity index (χ0) is 15.5. The summed E-state index contributed by atoms with van der Waals surface area (Å²) in [7, 11) is 3.43. The second kappa shape index (κ2) is 9.88. The highest BCUT2D eigenvalue weighted by molar-refractivity contribution is 5.73. The van der Waals surface area contributed by atoms with Gasteiger partial charge in [0, 0.05) is 33.7 Å².